The number of hydrogen-bond donors (Lipinski definition) is 0. The second-order valence-corrected chi connectivity index (χ2v) is 24.1. The molecule has 0 saturated carbocycles. The highest BCUT2D eigenvalue weighted by Crippen LogP contribution is 2.18. The second kappa shape index (κ2) is 71.1. The molecule has 83 heavy (non-hydrogen) atoms. The van der Waals surface area contributed by atoms with Crippen LogP contribution in [0.3, 0.4) is 0 Å². The third-order valence-electron chi connectivity index (χ3n) is 15.9. The van der Waals surface area contributed by atoms with Gasteiger partial charge in [0, 0.05) is 19.3 Å². The molecule has 0 aromatic heterocycles. The maximum absolute atomic E-state index is 12.9. The van der Waals surface area contributed by atoms with Crippen molar-refractivity contribution in [1.82, 2.24) is 0 Å². The molecule has 0 N–H and O–H groups in total. The third-order valence-corrected chi connectivity index (χ3v) is 15.9. The van der Waals surface area contributed by atoms with Crippen LogP contribution in [0, 0.1) is 0 Å². The van der Waals surface area contributed by atoms with E-state index in [-0.39, 0.29) is 37.5 Å². The van der Waals surface area contributed by atoms with Gasteiger partial charge in [-0.15, -0.1) is 0 Å². The van der Waals surface area contributed by atoms with Gasteiger partial charge in [0.1, 0.15) is 13.2 Å². The molecule has 0 heterocycles. The minimum Gasteiger partial charge on any atom is -0.462 e. The SMILES string of the molecule is CC/C=C\C/C=C\C/C=C\C/C=C\C/C=C\C/C=C\CCC(=O)OC(COC(=O)CCCCCCCCCCCCCCCCCCC)COC(=O)CCCCCCCCCCCCCCCCCCC/C=C\CCCCCCCCCC. The molecule has 480 valence electrons. The molecule has 0 rings (SSSR count). The van der Waals surface area contributed by atoms with Crippen LogP contribution in [0.5, 0.6) is 0 Å². The smallest absolute Gasteiger partial charge is 0.306 e. The second-order valence-electron chi connectivity index (χ2n) is 24.1. The summed E-state index contributed by atoms with van der Waals surface area (Å²) in [5.41, 5.74) is 0. The molecule has 0 radical (unpaired) electrons. The van der Waals surface area contributed by atoms with Crippen molar-refractivity contribution in [3.8, 4) is 0 Å². The number of carbonyl (C=O) groups is 3. The van der Waals surface area contributed by atoms with Gasteiger partial charge >= 0.3 is 17.9 Å². The minimum absolute atomic E-state index is 0.102. The molecule has 6 heteroatoms. The van der Waals surface area contributed by atoms with Crippen LogP contribution in [0.25, 0.3) is 0 Å². The van der Waals surface area contributed by atoms with E-state index >= 15 is 0 Å². The zero-order chi connectivity index (χ0) is 59.9. The van der Waals surface area contributed by atoms with Gasteiger partial charge in [-0.3, -0.25) is 14.4 Å². The lowest BCUT2D eigenvalue weighted by Crippen LogP contribution is -2.30. The Balaban J connectivity index is 4.33. The van der Waals surface area contributed by atoms with Gasteiger partial charge in [-0.05, 0) is 83.5 Å². The molecule has 6 nitrogen and oxygen atoms in total. The summed E-state index contributed by atoms with van der Waals surface area (Å²) in [6.07, 6.45) is 94.9. The summed E-state index contributed by atoms with van der Waals surface area (Å²) >= 11 is 0. The normalized spacial score (nSPS) is 12.6. The van der Waals surface area contributed by atoms with Gasteiger partial charge < -0.3 is 14.2 Å². The maximum Gasteiger partial charge on any atom is 0.306 e. The lowest BCUT2D eigenvalue weighted by atomic mass is 10.0. The van der Waals surface area contributed by atoms with Crippen LogP contribution >= 0.6 is 0 Å². The Kier molecular flexibility index (Phi) is 68.2. The van der Waals surface area contributed by atoms with Crippen LogP contribution in [-0.2, 0) is 28.6 Å². The summed E-state index contributed by atoms with van der Waals surface area (Å²) in [6, 6.07) is 0. The van der Waals surface area contributed by atoms with E-state index in [1.54, 1.807) is 0 Å². The Morgan fingerprint density at radius 3 is 0.783 bits per heavy atom. The molecular weight excluding hydrogens is 1020 g/mol. The number of ether oxygens (including phenoxy) is 3. The van der Waals surface area contributed by atoms with Gasteiger partial charge in [-0.25, -0.2) is 0 Å². The van der Waals surface area contributed by atoms with Gasteiger partial charge in [0.05, 0.1) is 0 Å². The first-order valence-electron chi connectivity index (χ1n) is 36.1. The molecule has 1 unspecified atom stereocenters. The number of esters is 3. The Labute approximate surface area is 515 Å². The van der Waals surface area contributed by atoms with Crippen molar-refractivity contribution in [3.05, 3.63) is 85.1 Å². The first-order valence-corrected chi connectivity index (χ1v) is 36.1. The van der Waals surface area contributed by atoms with Crippen LogP contribution in [-0.4, -0.2) is 37.2 Å². The van der Waals surface area contributed by atoms with Crippen molar-refractivity contribution < 1.29 is 28.6 Å². The molecule has 0 aromatic rings. The Bertz CT molecular complexity index is 1570. The zero-order valence-electron chi connectivity index (χ0n) is 55.2. The average Bonchev–Trinajstić information content (AvgIpc) is 3.49. The van der Waals surface area contributed by atoms with Crippen molar-refractivity contribution >= 4 is 17.9 Å². The number of unbranched alkanes of at least 4 members (excludes halogenated alkanes) is 41. The van der Waals surface area contributed by atoms with Gasteiger partial charge in [0.2, 0.25) is 0 Å². The first-order chi connectivity index (χ1) is 41.0. The van der Waals surface area contributed by atoms with Crippen molar-refractivity contribution in [2.45, 2.75) is 374 Å². The van der Waals surface area contributed by atoms with Crippen molar-refractivity contribution in [3.63, 3.8) is 0 Å². The topological polar surface area (TPSA) is 78.9 Å². The number of carbonyl (C=O) groups excluding carboxylic acids is 3. The summed E-state index contributed by atoms with van der Waals surface area (Å²) < 4.78 is 16.9. The van der Waals surface area contributed by atoms with Crippen LogP contribution in [0.2, 0.25) is 0 Å². The number of allylic oxidation sites excluding steroid dienone is 14. The van der Waals surface area contributed by atoms with Crippen molar-refractivity contribution in [2.75, 3.05) is 13.2 Å². The minimum atomic E-state index is -0.817. The molecule has 0 aromatic carbocycles. The average molecular weight is 1160 g/mol. The standard InChI is InChI=1S/C77H136O6/c1-4-7-10-13-16-19-22-25-28-31-33-34-35-36-37-38-39-40-41-42-44-46-49-52-55-58-61-64-67-70-76(79)82-73-74(72-81-75(78)69-66-63-60-57-54-51-48-45-30-27-24-21-18-15-12-9-6-3)83-77(80)71-68-65-62-59-56-53-50-47-43-32-29-26-23-20-17-14-11-8-5-2/h8,11,17,20,26,29,31,33,43,47,53,56,62,65,74H,4-7,9-10,12-16,18-19,21-25,27-28,30,32,34-42,44-46,48-52,54-55,57-61,63-64,66-73H2,1-3H3/b11-8-,20-17-,29-26-,33-31-,47-43-,56-53-,65-62-. The number of hydrogen-bond acceptors (Lipinski definition) is 6. The van der Waals surface area contributed by atoms with E-state index in [1.807, 2.05) is 6.08 Å². The molecular formula is C77H136O6. The van der Waals surface area contributed by atoms with E-state index in [2.05, 4.69) is 99.8 Å². The van der Waals surface area contributed by atoms with Gasteiger partial charge in [-0.2, -0.15) is 0 Å². The summed E-state index contributed by atoms with van der Waals surface area (Å²) in [6.45, 7) is 6.52. The van der Waals surface area contributed by atoms with E-state index in [1.165, 1.54) is 244 Å². The van der Waals surface area contributed by atoms with Crippen LogP contribution in [0.4, 0.5) is 0 Å². The fourth-order valence-corrected chi connectivity index (χ4v) is 10.5. The van der Waals surface area contributed by atoms with Crippen molar-refractivity contribution in [1.29, 1.82) is 0 Å². The molecule has 1 atom stereocenters. The third kappa shape index (κ3) is 69.3. The molecule has 0 amide bonds. The zero-order valence-corrected chi connectivity index (χ0v) is 55.2. The Morgan fingerprint density at radius 2 is 0.494 bits per heavy atom. The van der Waals surface area contributed by atoms with E-state index in [0.717, 1.165) is 77.0 Å². The fraction of sp³-hybridized carbons (Fsp3) is 0.779. The van der Waals surface area contributed by atoms with Gasteiger partial charge in [-0.1, -0.05) is 350 Å². The molecule has 0 aliphatic rings. The summed E-state index contributed by atoms with van der Waals surface area (Å²) in [5.74, 6) is -0.966. The molecule has 0 fully saturated rings. The van der Waals surface area contributed by atoms with Gasteiger partial charge in [0.15, 0.2) is 6.10 Å². The van der Waals surface area contributed by atoms with Crippen LogP contribution in [0.1, 0.15) is 367 Å². The van der Waals surface area contributed by atoms with Crippen LogP contribution < -0.4 is 0 Å². The molecule has 0 bridgehead atoms. The molecule has 0 saturated heterocycles. The lowest BCUT2D eigenvalue weighted by molar-refractivity contribution is -0.166. The Hall–Kier alpha value is -3.41. The van der Waals surface area contributed by atoms with E-state index in [0.29, 0.717) is 19.3 Å². The van der Waals surface area contributed by atoms with Gasteiger partial charge in [0.25, 0.3) is 0 Å². The summed E-state index contributed by atoms with van der Waals surface area (Å²) in [4.78, 5) is 38.4. The monoisotopic (exact) mass is 1160 g/mol. The highest BCUT2D eigenvalue weighted by molar-refractivity contribution is 5.71. The maximum atomic E-state index is 12.9. The largest absolute Gasteiger partial charge is 0.462 e. The highest BCUT2D eigenvalue weighted by atomic mass is 16.6. The van der Waals surface area contributed by atoms with E-state index < -0.39 is 6.10 Å². The summed E-state index contributed by atoms with van der Waals surface area (Å²) in [7, 11) is 0. The quantitative estimate of drug-likeness (QED) is 0.0261. The van der Waals surface area contributed by atoms with E-state index in [9.17, 15) is 14.4 Å². The van der Waals surface area contributed by atoms with Crippen LogP contribution in [0.15, 0.2) is 85.1 Å². The summed E-state index contributed by atoms with van der Waals surface area (Å²) in [5, 5.41) is 0. The van der Waals surface area contributed by atoms with E-state index in [4.69, 9.17) is 14.2 Å². The Morgan fingerprint density at radius 1 is 0.253 bits per heavy atom. The first kappa shape index (κ1) is 79.6. The van der Waals surface area contributed by atoms with Crippen molar-refractivity contribution in [2.24, 2.45) is 0 Å². The predicted molar refractivity (Wildman–Crippen MR) is 362 cm³/mol. The lowest BCUT2D eigenvalue weighted by Gasteiger charge is -2.18. The molecule has 0 aliphatic carbocycles. The molecule has 0 aliphatic heterocycles. The highest BCUT2D eigenvalue weighted by Gasteiger charge is 2.19. The fourth-order valence-electron chi connectivity index (χ4n) is 10.5. The number of rotatable bonds is 66. The molecule has 0 spiro atoms. The predicted octanol–water partition coefficient (Wildman–Crippen LogP) is 25.0.